The quantitative estimate of drug-likeness (QED) is 0.686. The summed E-state index contributed by atoms with van der Waals surface area (Å²) in [6, 6.07) is 0. The number of carboxylic acids is 1. The van der Waals surface area contributed by atoms with Crippen LogP contribution in [0.3, 0.4) is 0 Å². The summed E-state index contributed by atoms with van der Waals surface area (Å²) in [6.45, 7) is 0.205. The number of aliphatic hydroxyl groups excluding tert-OH is 1. The van der Waals surface area contributed by atoms with E-state index in [0.717, 1.165) is 0 Å². The minimum atomic E-state index is -3.54. The zero-order chi connectivity index (χ0) is 11.9. The Morgan fingerprint density at radius 1 is 1.25 bits per heavy atom. The lowest BCUT2D eigenvalue weighted by Crippen LogP contribution is -2.56. The molecule has 1 aliphatic carbocycles. The summed E-state index contributed by atoms with van der Waals surface area (Å²) in [5, 5.41) is 17.2. The Morgan fingerprint density at radius 3 is 2.38 bits per heavy atom. The van der Waals surface area contributed by atoms with Crippen molar-refractivity contribution in [1.82, 2.24) is 4.31 Å². The molecular formula is C9H15NO5S. The van der Waals surface area contributed by atoms with Crippen molar-refractivity contribution < 1.29 is 23.4 Å². The number of hydrogen-bond donors (Lipinski definition) is 2. The van der Waals surface area contributed by atoms with E-state index in [4.69, 9.17) is 10.2 Å². The number of rotatable bonds is 3. The van der Waals surface area contributed by atoms with Crippen LogP contribution in [0.1, 0.15) is 19.3 Å². The number of hydrogen-bond acceptors (Lipinski definition) is 4. The normalized spacial score (nSPS) is 32.6. The van der Waals surface area contributed by atoms with Crippen LogP contribution in [0.5, 0.6) is 0 Å². The van der Waals surface area contributed by atoms with Gasteiger partial charge in [-0.1, -0.05) is 6.42 Å². The van der Waals surface area contributed by atoms with Gasteiger partial charge in [0.1, 0.15) is 0 Å². The third kappa shape index (κ3) is 1.83. The Hall–Kier alpha value is -0.660. The van der Waals surface area contributed by atoms with Crippen LogP contribution in [-0.2, 0) is 14.8 Å². The molecule has 0 aromatic carbocycles. The highest BCUT2D eigenvalue weighted by Crippen LogP contribution is 2.34. The van der Waals surface area contributed by atoms with Crippen molar-refractivity contribution in [2.24, 2.45) is 5.92 Å². The second-order valence-electron chi connectivity index (χ2n) is 4.43. The second-order valence-corrected chi connectivity index (χ2v) is 6.58. The maximum Gasteiger partial charge on any atom is 0.307 e. The Morgan fingerprint density at radius 2 is 1.88 bits per heavy atom. The molecule has 2 atom stereocenters. The van der Waals surface area contributed by atoms with Gasteiger partial charge in [-0.3, -0.25) is 4.79 Å². The van der Waals surface area contributed by atoms with Gasteiger partial charge in [0.25, 0.3) is 0 Å². The van der Waals surface area contributed by atoms with Crippen molar-refractivity contribution in [3.63, 3.8) is 0 Å². The third-order valence-electron chi connectivity index (χ3n) is 3.34. The maximum absolute atomic E-state index is 12.0. The molecule has 6 nitrogen and oxygen atoms in total. The lowest BCUT2D eigenvalue weighted by atomic mass is 10.1. The number of β-amino-alcohol motifs (C(OH)–C–C–N with tert-alkyl or cyclic N) is 1. The van der Waals surface area contributed by atoms with E-state index in [-0.39, 0.29) is 13.1 Å². The standard InChI is InChI=1S/C9H15NO5S/c11-6-4-10(5-6)16(14,15)8-3-1-2-7(8)9(12)13/h6-8,11H,1-5H2,(H,12,13). The minimum Gasteiger partial charge on any atom is -0.481 e. The summed E-state index contributed by atoms with van der Waals surface area (Å²) in [5.74, 6) is -1.82. The van der Waals surface area contributed by atoms with Crippen LogP contribution in [-0.4, -0.2) is 53.3 Å². The Bertz CT molecular complexity index is 387. The molecule has 0 spiro atoms. The van der Waals surface area contributed by atoms with Gasteiger partial charge < -0.3 is 10.2 Å². The van der Waals surface area contributed by atoms with E-state index in [0.29, 0.717) is 19.3 Å². The van der Waals surface area contributed by atoms with E-state index in [1.165, 1.54) is 4.31 Å². The highest BCUT2D eigenvalue weighted by molar-refractivity contribution is 7.89. The Balaban J connectivity index is 2.14. The summed E-state index contributed by atoms with van der Waals surface area (Å²) >= 11 is 0. The summed E-state index contributed by atoms with van der Waals surface area (Å²) in [5.41, 5.74) is 0. The zero-order valence-electron chi connectivity index (χ0n) is 8.74. The molecule has 1 saturated heterocycles. The number of aliphatic carboxylic acids is 1. The van der Waals surface area contributed by atoms with E-state index in [9.17, 15) is 13.2 Å². The van der Waals surface area contributed by atoms with Gasteiger partial charge in [-0.25, -0.2) is 8.42 Å². The van der Waals surface area contributed by atoms with Gasteiger partial charge in [0.2, 0.25) is 10.0 Å². The van der Waals surface area contributed by atoms with E-state index < -0.39 is 33.3 Å². The van der Waals surface area contributed by atoms with Crippen LogP contribution in [0.25, 0.3) is 0 Å². The van der Waals surface area contributed by atoms with Gasteiger partial charge in [0, 0.05) is 13.1 Å². The molecule has 2 fully saturated rings. The SMILES string of the molecule is O=C(O)C1CCCC1S(=O)(=O)N1CC(O)C1. The first-order chi connectivity index (χ1) is 7.43. The van der Waals surface area contributed by atoms with Gasteiger partial charge in [0.05, 0.1) is 17.3 Å². The molecule has 1 saturated carbocycles. The molecular weight excluding hydrogens is 234 g/mol. The molecule has 2 rings (SSSR count). The average Bonchev–Trinajstić information content (AvgIpc) is 2.61. The number of carbonyl (C=O) groups is 1. The zero-order valence-corrected chi connectivity index (χ0v) is 9.56. The van der Waals surface area contributed by atoms with E-state index in [2.05, 4.69) is 0 Å². The molecule has 1 aliphatic heterocycles. The first-order valence-corrected chi connectivity index (χ1v) is 6.83. The van der Waals surface area contributed by atoms with Crippen molar-refractivity contribution in [3.8, 4) is 0 Å². The predicted molar refractivity (Wildman–Crippen MR) is 55.3 cm³/mol. The monoisotopic (exact) mass is 249 g/mol. The smallest absolute Gasteiger partial charge is 0.307 e. The van der Waals surface area contributed by atoms with Gasteiger partial charge in [-0.05, 0) is 12.8 Å². The molecule has 0 aromatic heterocycles. The van der Waals surface area contributed by atoms with Gasteiger partial charge >= 0.3 is 5.97 Å². The van der Waals surface area contributed by atoms with Crippen LogP contribution in [0.2, 0.25) is 0 Å². The lowest BCUT2D eigenvalue weighted by molar-refractivity contribution is -0.141. The third-order valence-corrected chi connectivity index (χ3v) is 5.69. The van der Waals surface area contributed by atoms with Gasteiger partial charge in [0.15, 0.2) is 0 Å². The van der Waals surface area contributed by atoms with Crippen LogP contribution < -0.4 is 0 Å². The Labute approximate surface area is 93.9 Å². The molecule has 0 aromatic rings. The van der Waals surface area contributed by atoms with Crippen molar-refractivity contribution >= 4 is 16.0 Å². The molecule has 0 amide bonds. The number of nitrogens with zero attached hydrogens (tertiary/aromatic N) is 1. The summed E-state index contributed by atoms with van der Waals surface area (Å²) in [7, 11) is -3.54. The fourth-order valence-corrected chi connectivity index (χ4v) is 4.66. The lowest BCUT2D eigenvalue weighted by Gasteiger charge is -2.37. The van der Waals surface area contributed by atoms with E-state index in [1.54, 1.807) is 0 Å². The minimum absolute atomic E-state index is 0.102. The van der Waals surface area contributed by atoms with Gasteiger partial charge in [-0.15, -0.1) is 0 Å². The second kappa shape index (κ2) is 3.97. The first kappa shape index (κ1) is 11.8. The molecule has 7 heteroatoms. The largest absolute Gasteiger partial charge is 0.481 e. The predicted octanol–water partition coefficient (Wildman–Crippen LogP) is -0.754. The fraction of sp³-hybridized carbons (Fsp3) is 0.889. The molecule has 16 heavy (non-hydrogen) atoms. The van der Waals surface area contributed by atoms with Crippen molar-refractivity contribution in [3.05, 3.63) is 0 Å². The number of sulfonamides is 1. The molecule has 92 valence electrons. The fourth-order valence-electron chi connectivity index (χ4n) is 2.38. The number of carboxylic acid groups (broad SMARTS) is 1. The molecule has 0 bridgehead atoms. The topological polar surface area (TPSA) is 94.9 Å². The molecule has 1 heterocycles. The summed E-state index contributed by atoms with van der Waals surface area (Å²) in [6.07, 6.45) is 0.873. The van der Waals surface area contributed by atoms with Crippen LogP contribution in [0.15, 0.2) is 0 Å². The summed E-state index contributed by atoms with van der Waals surface area (Å²) < 4.78 is 25.2. The molecule has 2 unspecified atom stereocenters. The van der Waals surface area contributed by atoms with E-state index >= 15 is 0 Å². The maximum atomic E-state index is 12.0. The van der Waals surface area contributed by atoms with Crippen LogP contribution in [0.4, 0.5) is 0 Å². The molecule has 0 radical (unpaired) electrons. The highest BCUT2D eigenvalue weighted by atomic mass is 32.2. The van der Waals surface area contributed by atoms with Gasteiger partial charge in [-0.2, -0.15) is 4.31 Å². The van der Waals surface area contributed by atoms with Crippen molar-refractivity contribution in [2.45, 2.75) is 30.6 Å². The Kier molecular flexibility index (Phi) is 2.93. The van der Waals surface area contributed by atoms with Crippen molar-refractivity contribution in [1.29, 1.82) is 0 Å². The number of aliphatic hydroxyl groups is 1. The average molecular weight is 249 g/mol. The summed E-state index contributed by atoms with van der Waals surface area (Å²) in [4.78, 5) is 10.9. The van der Waals surface area contributed by atoms with Crippen LogP contribution >= 0.6 is 0 Å². The molecule has 2 aliphatic rings. The van der Waals surface area contributed by atoms with Crippen LogP contribution in [0, 0.1) is 5.92 Å². The molecule has 2 N–H and O–H groups in total. The van der Waals surface area contributed by atoms with E-state index in [1.807, 2.05) is 0 Å². The first-order valence-electron chi connectivity index (χ1n) is 5.32. The van der Waals surface area contributed by atoms with Crippen molar-refractivity contribution in [2.75, 3.05) is 13.1 Å². The highest BCUT2D eigenvalue weighted by Gasteiger charge is 2.47.